The lowest BCUT2D eigenvalue weighted by atomic mass is 9.47. The monoisotopic (exact) mass is 518 g/mol. The molecule has 0 spiro atoms. The Labute approximate surface area is 222 Å². The van der Waals surface area contributed by atoms with Crippen molar-refractivity contribution in [2.75, 3.05) is 6.61 Å². The van der Waals surface area contributed by atoms with Gasteiger partial charge in [0, 0.05) is 20.0 Å². The fraction of sp³-hybridized carbons (Fsp3) is 0.903. The number of esters is 1. The smallest absolute Gasteiger partial charge is 0.302 e. The number of hydrogen-bond acceptors (Lipinski definition) is 4. The maximum absolute atomic E-state index is 11.5. The topological polar surface area (TPSA) is 55.8 Å². The molecule has 3 saturated carbocycles. The minimum atomic E-state index is -1.74. The molecule has 0 radical (unpaired) electrons. The van der Waals surface area contributed by atoms with Gasteiger partial charge in [0.25, 0.3) is 0 Å². The van der Waals surface area contributed by atoms with Gasteiger partial charge in [-0.2, -0.15) is 0 Å². The minimum absolute atomic E-state index is 0.0549. The molecule has 0 aliphatic heterocycles. The molecule has 4 aliphatic rings. The Bertz CT molecular complexity index is 859. The van der Waals surface area contributed by atoms with E-state index in [4.69, 9.17) is 9.16 Å². The zero-order valence-electron chi connectivity index (χ0n) is 24.7. The van der Waals surface area contributed by atoms with Crippen LogP contribution in [0.1, 0.15) is 99.8 Å². The average molecular weight is 519 g/mol. The molecule has 0 aromatic carbocycles. The van der Waals surface area contributed by atoms with Crippen LogP contribution < -0.4 is 0 Å². The van der Waals surface area contributed by atoms with Gasteiger partial charge in [-0.1, -0.05) is 53.2 Å². The first-order valence-electron chi connectivity index (χ1n) is 14.8. The lowest BCUT2D eigenvalue weighted by Crippen LogP contribution is -2.51. The lowest BCUT2D eigenvalue weighted by Gasteiger charge is -2.58. The number of hydrogen-bond donors (Lipinski definition) is 1. The summed E-state index contributed by atoms with van der Waals surface area (Å²) in [5.41, 5.74) is 1.98. The third-order valence-electron chi connectivity index (χ3n) is 12.0. The number of carbonyl (C=O) groups is 1. The molecule has 0 saturated heterocycles. The maximum Gasteiger partial charge on any atom is 0.302 e. The predicted octanol–water partition coefficient (Wildman–Crippen LogP) is 7.52. The summed E-state index contributed by atoms with van der Waals surface area (Å²) in [6.07, 6.45) is 11.0. The Kier molecular flexibility index (Phi) is 7.74. The number of rotatable bonds is 6. The summed E-state index contributed by atoms with van der Waals surface area (Å²) in [6, 6.07) is 0. The quantitative estimate of drug-likeness (QED) is 0.224. The van der Waals surface area contributed by atoms with E-state index in [1.165, 1.54) is 25.3 Å². The van der Waals surface area contributed by atoms with Crippen LogP contribution in [0, 0.1) is 40.4 Å². The zero-order chi connectivity index (χ0) is 26.7. The predicted molar refractivity (Wildman–Crippen MR) is 149 cm³/mol. The summed E-state index contributed by atoms with van der Waals surface area (Å²) in [5, 5.41) is 11.7. The van der Waals surface area contributed by atoms with E-state index in [0.29, 0.717) is 29.6 Å². The van der Waals surface area contributed by atoms with Crippen molar-refractivity contribution >= 4 is 14.3 Å². The van der Waals surface area contributed by atoms with Crippen molar-refractivity contribution in [3.05, 3.63) is 11.6 Å². The number of allylic oxidation sites excluding steroid dienone is 1. The summed E-state index contributed by atoms with van der Waals surface area (Å²) < 4.78 is 12.1. The van der Waals surface area contributed by atoms with Crippen LogP contribution in [-0.4, -0.2) is 38.2 Å². The van der Waals surface area contributed by atoms with E-state index in [-0.39, 0.29) is 34.0 Å². The number of ether oxygens (including phenoxy) is 1. The highest BCUT2D eigenvalue weighted by Crippen LogP contribution is 2.67. The molecule has 36 heavy (non-hydrogen) atoms. The normalized spacial score (nSPS) is 41.6. The molecule has 0 aromatic rings. The third kappa shape index (κ3) is 4.90. The molecule has 9 atom stereocenters. The van der Waals surface area contributed by atoms with Gasteiger partial charge in [0.1, 0.15) is 6.10 Å². The Hall–Kier alpha value is -0.653. The highest BCUT2D eigenvalue weighted by atomic mass is 28.4. The molecule has 4 rings (SSSR count). The van der Waals surface area contributed by atoms with E-state index in [1.807, 2.05) is 0 Å². The molecule has 3 fully saturated rings. The lowest BCUT2D eigenvalue weighted by molar-refractivity contribution is -0.148. The van der Waals surface area contributed by atoms with Crippen molar-refractivity contribution in [2.45, 2.75) is 130 Å². The summed E-state index contributed by atoms with van der Waals surface area (Å²) in [5.74, 6) is 2.64. The van der Waals surface area contributed by atoms with Crippen molar-refractivity contribution < 1.29 is 19.1 Å². The van der Waals surface area contributed by atoms with Gasteiger partial charge < -0.3 is 14.3 Å². The second kappa shape index (κ2) is 9.83. The first kappa shape index (κ1) is 28.4. The third-order valence-corrected chi connectivity index (χ3v) is 16.5. The van der Waals surface area contributed by atoms with Gasteiger partial charge in [-0.25, -0.2) is 0 Å². The molecule has 0 aromatic heterocycles. The van der Waals surface area contributed by atoms with Crippen molar-refractivity contribution in [2.24, 2.45) is 40.4 Å². The van der Waals surface area contributed by atoms with Crippen LogP contribution in [0.4, 0.5) is 0 Å². The first-order valence-corrected chi connectivity index (χ1v) is 17.7. The van der Waals surface area contributed by atoms with Crippen molar-refractivity contribution in [3.63, 3.8) is 0 Å². The second-order valence-electron chi connectivity index (χ2n) is 15.0. The van der Waals surface area contributed by atoms with Crippen LogP contribution in [0.15, 0.2) is 11.6 Å². The number of aliphatic hydroxyl groups excluding tert-OH is 1. The molecule has 0 bridgehead atoms. The SMILES string of the molecule is CC(=O)O[C@H]1CCC2(C)C(=CC[C@@H]3[C@@H]2CC[C@]2(C)[C@@H]([C@H](C)CCO[Si](C)(C)C(C)(C)C)C(O)C[C@@H]32)C1. The van der Waals surface area contributed by atoms with Crippen LogP contribution in [-0.2, 0) is 14.0 Å². The fourth-order valence-electron chi connectivity index (χ4n) is 8.94. The summed E-state index contributed by atoms with van der Waals surface area (Å²) in [4.78, 5) is 11.5. The molecular formula is C31H54O4Si. The second-order valence-corrected chi connectivity index (χ2v) is 19.8. The Morgan fingerprint density at radius 3 is 2.53 bits per heavy atom. The molecule has 5 heteroatoms. The summed E-state index contributed by atoms with van der Waals surface area (Å²) in [6.45, 7) is 21.3. The Balaban J connectivity index is 1.46. The molecule has 206 valence electrons. The van der Waals surface area contributed by atoms with Crippen LogP contribution >= 0.6 is 0 Å². The van der Waals surface area contributed by atoms with Crippen LogP contribution in [0.3, 0.4) is 0 Å². The largest absolute Gasteiger partial charge is 0.462 e. The molecule has 1 N–H and O–H groups in total. The Morgan fingerprint density at radius 2 is 1.89 bits per heavy atom. The summed E-state index contributed by atoms with van der Waals surface area (Å²) >= 11 is 0. The van der Waals surface area contributed by atoms with Gasteiger partial charge in [-0.3, -0.25) is 4.79 Å². The van der Waals surface area contributed by atoms with E-state index in [2.05, 4.69) is 60.7 Å². The molecule has 0 amide bonds. The van der Waals surface area contributed by atoms with Crippen LogP contribution in [0.2, 0.25) is 18.1 Å². The zero-order valence-corrected chi connectivity index (χ0v) is 25.7. The van der Waals surface area contributed by atoms with Gasteiger partial charge >= 0.3 is 5.97 Å². The van der Waals surface area contributed by atoms with Gasteiger partial charge in [0.15, 0.2) is 8.32 Å². The number of aliphatic hydroxyl groups is 1. The Morgan fingerprint density at radius 1 is 1.19 bits per heavy atom. The maximum atomic E-state index is 11.5. The molecular weight excluding hydrogens is 464 g/mol. The van der Waals surface area contributed by atoms with Gasteiger partial charge in [-0.15, -0.1) is 0 Å². The highest BCUT2D eigenvalue weighted by molar-refractivity contribution is 6.74. The first-order chi connectivity index (χ1) is 16.6. The van der Waals surface area contributed by atoms with Crippen molar-refractivity contribution in [1.82, 2.24) is 0 Å². The molecule has 4 nitrogen and oxygen atoms in total. The van der Waals surface area contributed by atoms with E-state index < -0.39 is 8.32 Å². The van der Waals surface area contributed by atoms with Gasteiger partial charge in [0.05, 0.1) is 6.10 Å². The highest BCUT2D eigenvalue weighted by Gasteiger charge is 2.61. The van der Waals surface area contributed by atoms with E-state index >= 15 is 0 Å². The number of carbonyl (C=O) groups excluding carboxylic acids is 1. The van der Waals surface area contributed by atoms with Crippen LogP contribution in [0.5, 0.6) is 0 Å². The van der Waals surface area contributed by atoms with E-state index in [0.717, 1.165) is 45.1 Å². The fourth-order valence-corrected chi connectivity index (χ4v) is 10.0. The van der Waals surface area contributed by atoms with Gasteiger partial charge in [0.2, 0.25) is 0 Å². The van der Waals surface area contributed by atoms with Crippen molar-refractivity contribution in [1.29, 1.82) is 0 Å². The molecule has 0 heterocycles. The average Bonchev–Trinajstić information content (AvgIpc) is 3.02. The minimum Gasteiger partial charge on any atom is -0.462 e. The molecule has 2 unspecified atom stereocenters. The standard InChI is InChI=1S/C31H54O4Si/c1-20(14-17-34-36(8,9)29(3,4)5)28-27(33)19-26-24-11-10-22-18-23(35-21(2)32)12-15-30(22,6)25(24)13-16-31(26,28)7/h10,20,23-28,33H,11-19H2,1-9H3/t20-,23+,24-,25+,26+,27?,28+,30?,31+/m1/s1. The van der Waals surface area contributed by atoms with Crippen molar-refractivity contribution in [3.8, 4) is 0 Å². The summed E-state index contributed by atoms with van der Waals surface area (Å²) in [7, 11) is -1.74. The number of fused-ring (bicyclic) bond motifs is 5. The van der Waals surface area contributed by atoms with E-state index in [1.54, 1.807) is 0 Å². The van der Waals surface area contributed by atoms with Crippen LogP contribution in [0.25, 0.3) is 0 Å². The van der Waals surface area contributed by atoms with Gasteiger partial charge in [-0.05, 0) is 103 Å². The molecule has 4 aliphatic carbocycles. The van der Waals surface area contributed by atoms with E-state index in [9.17, 15) is 9.90 Å².